The summed E-state index contributed by atoms with van der Waals surface area (Å²) >= 11 is 1.70. The van der Waals surface area contributed by atoms with Crippen molar-refractivity contribution >= 4 is 29.0 Å². The molecule has 2 nitrogen and oxygen atoms in total. The molecule has 138 valence electrons. The van der Waals surface area contributed by atoms with Crippen LogP contribution in [0.2, 0.25) is 0 Å². The van der Waals surface area contributed by atoms with Gasteiger partial charge in [0, 0.05) is 0 Å². The molecule has 0 saturated carbocycles. The monoisotopic (exact) mass is 438 g/mol. The Morgan fingerprint density at radius 1 is 0.739 bits per heavy atom. The minimum absolute atomic E-state index is 0.0391. The smallest absolute Gasteiger partial charge is 0.318 e. The van der Waals surface area contributed by atoms with Crippen LogP contribution >= 0.6 is 23.0 Å². The van der Waals surface area contributed by atoms with Gasteiger partial charge in [0.05, 0.1) is 5.92 Å². The van der Waals surface area contributed by atoms with Crippen LogP contribution in [0.15, 0.2) is 0 Å². The SMILES string of the molecule is CCCCCCCCCCCCCCCCC(CC)C(=O)OI. The summed E-state index contributed by atoms with van der Waals surface area (Å²) in [5.74, 6) is 0.0759. The van der Waals surface area contributed by atoms with E-state index in [1.54, 1.807) is 23.0 Å². The predicted octanol–water partition coefficient (Wildman–Crippen LogP) is 7.78. The second-order valence-corrected chi connectivity index (χ2v) is 7.33. The molecule has 1 atom stereocenters. The van der Waals surface area contributed by atoms with Crippen LogP contribution in [0, 0.1) is 5.92 Å². The van der Waals surface area contributed by atoms with Crippen LogP contribution in [0.5, 0.6) is 0 Å². The van der Waals surface area contributed by atoms with Crippen LogP contribution in [0.4, 0.5) is 0 Å². The lowest BCUT2D eigenvalue weighted by atomic mass is 9.98. The fourth-order valence-corrected chi connectivity index (χ4v) is 3.50. The molecule has 0 heterocycles. The van der Waals surface area contributed by atoms with Gasteiger partial charge < -0.3 is 3.07 Å². The highest BCUT2D eigenvalue weighted by Gasteiger charge is 2.16. The second-order valence-electron chi connectivity index (χ2n) is 6.89. The maximum absolute atomic E-state index is 11.5. The molecular weight excluding hydrogens is 399 g/mol. The molecule has 0 aromatic rings. The van der Waals surface area contributed by atoms with Crippen molar-refractivity contribution in [1.29, 1.82) is 0 Å². The lowest BCUT2D eigenvalue weighted by Gasteiger charge is -2.10. The van der Waals surface area contributed by atoms with E-state index < -0.39 is 0 Å². The van der Waals surface area contributed by atoms with Gasteiger partial charge in [0.25, 0.3) is 0 Å². The van der Waals surface area contributed by atoms with Gasteiger partial charge in [0.2, 0.25) is 0 Å². The highest BCUT2D eigenvalue weighted by Crippen LogP contribution is 2.18. The first-order chi connectivity index (χ1) is 11.3. The minimum atomic E-state index is -0.0391. The number of halogens is 1. The molecule has 23 heavy (non-hydrogen) atoms. The van der Waals surface area contributed by atoms with E-state index in [0.29, 0.717) is 0 Å². The van der Waals surface area contributed by atoms with Gasteiger partial charge in [-0.25, -0.2) is 0 Å². The zero-order valence-corrected chi connectivity index (χ0v) is 17.7. The molecule has 0 N–H and O–H groups in total. The lowest BCUT2D eigenvalue weighted by molar-refractivity contribution is -0.136. The first-order valence-electron chi connectivity index (χ1n) is 10.1. The van der Waals surface area contributed by atoms with Crippen molar-refractivity contribution in [2.45, 2.75) is 117 Å². The third kappa shape index (κ3) is 15.5. The maximum Gasteiger partial charge on any atom is 0.318 e. The Morgan fingerprint density at radius 3 is 1.48 bits per heavy atom. The van der Waals surface area contributed by atoms with Crippen molar-refractivity contribution in [3.05, 3.63) is 0 Å². The van der Waals surface area contributed by atoms with Crippen molar-refractivity contribution in [3.8, 4) is 0 Å². The van der Waals surface area contributed by atoms with Crippen LogP contribution in [0.1, 0.15) is 117 Å². The fourth-order valence-electron chi connectivity index (χ4n) is 3.14. The van der Waals surface area contributed by atoms with Gasteiger partial charge in [-0.05, 0) is 12.8 Å². The predicted molar refractivity (Wildman–Crippen MR) is 109 cm³/mol. The van der Waals surface area contributed by atoms with Crippen LogP contribution < -0.4 is 0 Å². The van der Waals surface area contributed by atoms with E-state index in [1.165, 1.54) is 89.9 Å². The van der Waals surface area contributed by atoms with Crippen LogP contribution in [-0.2, 0) is 7.86 Å². The van der Waals surface area contributed by atoms with Crippen LogP contribution in [0.25, 0.3) is 0 Å². The molecule has 1 unspecified atom stereocenters. The molecule has 0 fully saturated rings. The zero-order valence-electron chi connectivity index (χ0n) is 15.6. The molecule has 0 amide bonds. The second kappa shape index (κ2) is 18.5. The number of rotatable bonds is 17. The molecule has 0 aliphatic carbocycles. The van der Waals surface area contributed by atoms with Crippen LogP contribution in [-0.4, -0.2) is 5.97 Å². The summed E-state index contributed by atoms with van der Waals surface area (Å²) in [7, 11) is 0. The summed E-state index contributed by atoms with van der Waals surface area (Å²) in [6, 6.07) is 0. The summed E-state index contributed by atoms with van der Waals surface area (Å²) in [5, 5.41) is 0. The van der Waals surface area contributed by atoms with Crippen LogP contribution in [0.3, 0.4) is 0 Å². The first kappa shape index (κ1) is 23.2. The van der Waals surface area contributed by atoms with E-state index in [2.05, 4.69) is 13.8 Å². The Balaban J connectivity index is 3.20. The molecule has 0 aliphatic rings. The Labute approximate surface area is 159 Å². The molecule has 0 bridgehead atoms. The van der Waals surface area contributed by atoms with Gasteiger partial charge in [0.1, 0.15) is 0 Å². The molecule has 0 radical (unpaired) electrons. The highest BCUT2D eigenvalue weighted by atomic mass is 127. The maximum atomic E-state index is 11.5. The number of carbonyl (C=O) groups excluding carboxylic acids is 1. The van der Waals surface area contributed by atoms with Gasteiger partial charge in [-0.3, -0.25) is 4.79 Å². The standard InChI is InChI=1S/C20H39IO2/c1-3-5-6-7-8-9-10-11-12-13-14-15-16-17-18-19(4-2)20(22)23-21/h19H,3-18H2,1-2H3. The van der Waals surface area contributed by atoms with E-state index in [4.69, 9.17) is 3.07 Å². The summed E-state index contributed by atoms with van der Waals surface area (Å²) < 4.78 is 4.80. The Morgan fingerprint density at radius 2 is 1.13 bits per heavy atom. The Hall–Kier alpha value is 0.200. The van der Waals surface area contributed by atoms with E-state index in [1.807, 2.05) is 0 Å². The van der Waals surface area contributed by atoms with Gasteiger partial charge in [-0.1, -0.05) is 104 Å². The normalized spacial score (nSPS) is 12.3. The Kier molecular flexibility index (Phi) is 18.7. The number of hydrogen-bond acceptors (Lipinski definition) is 2. The molecule has 0 aromatic carbocycles. The summed E-state index contributed by atoms with van der Waals surface area (Å²) in [6.07, 6.45) is 21.2. The zero-order chi connectivity index (χ0) is 17.2. The molecule has 0 saturated heterocycles. The Bertz CT molecular complexity index is 256. The average molecular weight is 438 g/mol. The van der Waals surface area contributed by atoms with Crippen molar-refractivity contribution in [2.24, 2.45) is 5.92 Å². The molecule has 0 aliphatic heterocycles. The van der Waals surface area contributed by atoms with Gasteiger partial charge >= 0.3 is 5.97 Å². The first-order valence-corrected chi connectivity index (χ1v) is 11.0. The topological polar surface area (TPSA) is 26.3 Å². The number of hydrogen-bond donors (Lipinski definition) is 0. The molecule has 0 aromatic heterocycles. The highest BCUT2D eigenvalue weighted by molar-refractivity contribution is 14.1. The van der Waals surface area contributed by atoms with Crippen molar-refractivity contribution < 1.29 is 7.86 Å². The van der Waals surface area contributed by atoms with Gasteiger partial charge in [-0.15, -0.1) is 0 Å². The van der Waals surface area contributed by atoms with Crippen molar-refractivity contribution in [3.63, 3.8) is 0 Å². The van der Waals surface area contributed by atoms with E-state index >= 15 is 0 Å². The van der Waals surface area contributed by atoms with Crippen molar-refractivity contribution in [1.82, 2.24) is 0 Å². The summed E-state index contributed by atoms with van der Waals surface area (Å²) in [4.78, 5) is 11.5. The molecule has 3 heteroatoms. The quantitative estimate of drug-likeness (QED) is 0.171. The molecule has 0 spiro atoms. The average Bonchev–Trinajstić information content (AvgIpc) is 2.58. The third-order valence-corrected chi connectivity index (χ3v) is 5.24. The van der Waals surface area contributed by atoms with E-state index in [0.717, 1.165) is 12.8 Å². The molecular formula is C20H39IO2. The van der Waals surface area contributed by atoms with E-state index in [-0.39, 0.29) is 11.9 Å². The third-order valence-electron chi connectivity index (χ3n) is 4.81. The number of carbonyl (C=O) groups is 1. The fraction of sp³-hybridized carbons (Fsp3) is 0.950. The summed E-state index contributed by atoms with van der Waals surface area (Å²) in [5.41, 5.74) is 0. The lowest BCUT2D eigenvalue weighted by Crippen LogP contribution is -2.13. The van der Waals surface area contributed by atoms with Crippen molar-refractivity contribution in [2.75, 3.05) is 0 Å². The molecule has 0 rings (SSSR count). The summed E-state index contributed by atoms with van der Waals surface area (Å²) in [6.45, 7) is 4.35. The van der Waals surface area contributed by atoms with E-state index in [9.17, 15) is 4.79 Å². The number of unbranched alkanes of at least 4 members (excludes halogenated alkanes) is 13. The van der Waals surface area contributed by atoms with Gasteiger partial charge in [-0.2, -0.15) is 0 Å². The largest absolute Gasteiger partial charge is 0.394 e. The minimum Gasteiger partial charge on any atom is -0.394 e. The van der Waals surface area contributed by atoms with Gasteiger partial charge in [0.15, 0.2) is 23.0 Å².